The largest absolute Gasteiger partial charge is 0.495 e. The minimum absolute atomic E-state index is 0.259. The van der Waals surface area contributed by atoms with Crippen LogP contribution < -0.4 is 4.74 Å². The molecule has 0 aliphatic heterocycles. The predicted octanol–water partition coefficient (Wildman–Crippen LogP) is 4.71. The third-order valence-electron chi connectivity index (χ3n) is 4.48. The number of hydrogen-bond acceptors (Lipinski definition) is 3. The Bertz CT molecular complexity index is 1010. The molecule has 0 saturated carbocycles. The second-order valence-electron chi connectivity index (χ2n) is 6.00. The Morgan fingerprint density at radius 3 is 2.38 bits per heavy atom. The van der Waals surface area contributed by atoms with E-state index >= 15 is 0 Å². The van der Waals surface area contributed by atoms with Crippen LogP contribution in [0.3, 0.4) is 0 Å². The van der Waals surface area contributed by atoms with E-state index in [9.17, 15) is 14.7 Å². The summed E-state index contributed by atoms with van der Waals surface area (Å²) in [5.74, 6) is -1.41. The third-order valence-corrected chi connectivity index (χ3v) is 5.03. The maximum absolute atomic E-state index is 13.1. The fourth-order valence-corrected chi connectivity index (χ4v) is 3.28. The number of nitrogens with one attached hydrogen (secondary N) is 1. The molecule has 1 aromatic heterocycles. The number of ether oxygens (including phenoxy) is 1. The number of carboxylic acid groups (broad SMARTS) is 1. The van der Waals surface area contributed by atoms with Gasteiger partial charge in [0.2, 0.25) is 0 Å². The smallest absolute Gasteiger partial charge is 0.321 e. The third kappa shape index (κ3) is 2.83. The second-order valence-corrected chi connectivity index (χ2v) is 6.84. The van der Waals surface area contributed by atoms with Crippen LogP contribution in [0.2, 0.25) is 10.0 Å². The predicted molar refractivity (Wildman–Crippen MR) is 101 cm³/mol. The number of carbonyl (C=O) groups is 2. The molecule has 5 nitrogen and oxygen atoms in total. The molecule has 3 rings (SSSR count). The van der Waals surface area contributed by atoms with Crippen molar-refractivity contribution < 1.29 is 19.4 Å². The minimum Gasteiger partial charge on any atom is -0.495 e. The van der Waals surface area contributed by atoms with Gasteiger partial charge in [0.05, 0.1) is 12.1 Å². The SMILES string of the molecule is COc1cc2c(C(C)(C(=O)O)C(=O)c3ccc(Cl)cc3)c[nH]c2cc1Cl. The molecule has 3 aromatic rings. The molecule has 134 valence electrons. The van der Waals surface area contributed by atoms with E-state index in [-0.39, 0.29) is 5.56 Å². The molecular weight excluding hydrogens is 377 g/mol. The van der Waals surface area contributed by atoms with Crippen LogP contribution in [-0.4, -0.2) is 29.0 Å². The molecule has 0 amide bonds. The lowest BCUT2D eigenvalue weighted by Gasteiger charge is -2.23. The number of carboxylic acids is 1. The number of methoxy groups -OCH3 is 1. The highest BCUT2D eigenvalue weighted by atomic mass is 35.5. The van der Waals surface area contributed by atoms with Crippen molar-refractivity contribution in [3.63, 3.8) is 0 Å². The highest BCUT2D eigenvalue weighted by Gasteiger charge is 2.45. The Labute approximate surface area is 159 Å². The fourth-order valence-electron chi connectivity index (χ4n) is 2.92. The zero-order chi connectivity index (χ0) is 19.1. The van der Waals surface area contributed by atoms with Crippen molar-refractivity contribution in [2.45, 2.75) is 12.3 Å². The molecule has 26 heavy (non-hydrogen) atoms. The van der Waals surface area contributed by atoms with E-state index in [0.717, 1.165) is 0 Å². The molecule has 0 radical (unpaired) electrons. The average Bonchev–Trinajstić information content (AvgIpc) is 3.03. The van der Waals surface area contributed by atoms with Gasteiger partial charge in [0.1, 0.15) is 5.75 Å². The van der Waals surface area contributed by atoms with Gasteiger partial charge in [0, 0.05) is 33.2 Å². The summed E-state index contributed by atoms with van der Waals surface area (Å²) in [4.78, 5) is 28.2. The molecule has 7 heteroatoms. The van der Waals surface area contributed by atoms with Gasteiger partial charge in [0.25, 0.3) is 0 Å². The molecule has 2 aromatic carbocycles. The maximum atomic E-state index is 13.1. The number of H-pyrrole nitrogens is 1. The van der Waals surface area contributed by atoms with Gasteiger partial charge >= 0.3 is 5.97 Å². The van der Waals surface area contributed by atoms with Gasteiger partial charge in [-0.05, 0) is 43.3 Å². The van der Waals surface area contributed by atoms with E-state index in [1.165, 1.54) is 32.4 Å². The lowest BCUT2D eigenvalue weighted by Crippen LogP contribution is -2.40. The van der Waals surface area contributed by atoms with E-state index in [4.69, 9.17) is 27.9 Å². The summed E-state index contributed by atoms with van der Waals surface area (Å²) in [5, 5.41) is 11.3. The number of fused-ring (bicyclic) bond motifs is 1. The number of Topliss-reactive ketones (excluding diaryl/α,β-unsaturated/α-hetero) is 1. The zero-order valence-electron chi connectivity index (χ0n) is 14.0. The summed E-state index contributed by atoms with van der Waals surface area (Å²) >= 11 is 12.0. The van der Waals surface area contributed by atoms with Crippen LogP contribution in [0.25, 0.3) is 10.9 Å². The van der Waals surface area contributed by atoms with Crippen LogP contribution >= 0.6 is 23.2 Å². The van der Waals surface area contributed by atoms with E-state index < -0.39 is 17.2 Å². The number of aliphatic carboxylic acids is 1. The lowest BCUT2D eigenvalue weighted by molar-refractivity contribution is -0.141. The number of halogens is 2. The number of aromatic nitrogens is 1. The van der Waals surface area contributed by atoms with Crippen molar-refractivity contribution >= 4 is 45.9 Å². The second kappa shape index (κ2) is 6.67. The van der Waals surface area contributed by atoms with Crippen LogP contribution in [0, 0.1) is 0 Å². The normalized spacial score (nSPS) is 13.4. The molecule has 0 aliphatic rings. The summed E-state index contributed by atoms with van der Waals surface area (Å²) < 4.78 is 5.22. The Hall–Kier alpha value is -2.50. The van der Waals surface area contributed by atoms with Crippen LogP contribution in [0.15, 0.2) is 42.6 Å². The summed E-state index contributed by atoms with van der Waals surface area (Å²) in [6.45, 7) is 1.38. The molecule has 0 fully saturated rings. The van der Waals surface area contributed by atoms with Crippen LogP contribution in [-0.2, 0) is 10.2 Å². The fraction of sp³-hybridized carbons (Fsp3) is 0.158. The first-order valence-corrected chi connectivity index (χ1v) is 8.43. The first kappa shape index (κ1) is 18.3. The van der Waals surface area contributed by atoms with Gasteiger partial charge in [-0.2, -0.15) is 0 Å². The number of ketones is 1. The van der Waals surface area contributed by atoms with Crippen molar-refractivity contribution in [3.8, 4) is 5.75 Å². The molecule has 0 spiro atoms. The summed E-state index contributed by atoms with van der Waals surface area (Å²) in [6.07, 6.45) is 1.52. The quantitative estimate of drug-likeness (QED) is 0.487. The van der Waals surface area contributed by atoms with Crippen molar-refractivity contribution in [1.82, 2.24) is 4.98 Å². The van der Waals surface area contributed by atoms with Crippen molar-refractivity contribution in [2.24, 2.45) is 0 Å². The van der Waals surface area contributed by atoms with Crippen molar-refractivity contribution in [3.05, 3.63) is 63.8 Å². The van der Waals surface area contributed by atoms with Gasteiger partial charge in [0.15, 0.2) is 11.2 Å². The zero-order valence-corrected chi connectivity index (χ0v) is 15.5. The van der Waals surface area contributed by atoms with Crippen LogP contribution in [0.1, 0.15) is 22.8 Å². The van der Waals surface area contributed by atoms with Crippen molar-refractivity contribution in [2.75, 3.05) is 7.11 Å². The molecule has 2 N–H and O–H groups in total. The minimum atomic E-state index is -1.80. The standard InChI is InChI=1S/C19H15Cl2NO4/c1-19(18(24)25,17(23)10-3-5-11(20)6-4-10)13-9-22-15-8-14(21)16(26-2)7-12(13)15/h3-9,22H,1-2H3,(H,24,25). The number of hydrogen-bond donors (Lipinski definition) is 2. The first-order chi connectivity index (χ1) is 12.3. The van der Waals surface area contributed by atoms with Gasteiger partial charge in [-0.3, -0.25) is 9.59 Å². The molecule has 1 heterocycles. The Morgan fingerprint density at radius 2 is 1.81 bits per heavy atom. The topological polar surface area (TPSA) is 79.4 Å². The van der Waals surface area contributed by atoms with Gasteiger partial charge in [-0.25, -0.2) is 0 Å². The maximum Gasteiger partial charge on any atom is 0.321 e. The van der Waals surface area contributed by atoms with E-state index in [0.29, 0.717) is 32.3 Å². The first-order valence-electron chi connectivity index (χ1n) is 7.68. The van der Waals surface area contributed by atoms with E-state index in [2.05, 4.69) is 4.98 Å². The molecule has 0 aliphatic carbocycles. The van der Waals surface area contributed by atoms with Crippen LogP contribution in [0.4, 0.5) is 0 Å². The summed E-state index contributed by atoms with van der Waals surface area (Å²) in [7, 11) is 1.47. The number of carbonyl (C=O) groups excluding carboxylic acids is 1. The molecule has 1 atom stereocenters. The highest BCUT2D eigenvalue weighted by Crippen LogP contribution is 2.38. The number of benzene rings is 2. The van der Waals surface area contributed by atoms with Crippen molar-refractivity contribution in [1.29, 1.82) is 0 Å². The molecule has 0 saturated heterocycles. The Morgan fingerprint density at radius 1 is 1.15 bits per heavy atom. The van der Waals surface area contributed by atoms with E-state index in [1.807, 2.05) is 0 Å². The monoisotopic (exact) mass is 391 g/mol. The number of aromatic amines is 1. The van der Waals surface area contributed by atoms with Gasteiger partial charge in [-0.15, -0.1) is 0 Å². The summed E-state index contributed by atoms with van der Waals surface area (Å²) in [6, 6.07) is 9.38. The van der Waals surface area contributed by atoms with E-state index in [1.54, 1.807) is 24.3 Å². The molecule has 1 unspecified atom stereocenters. The van der Waals surface area contributed by atoms with Gasteiger partial charge in [-0.1, -0.05) is 23.2 Å². The van der Waals surface area contributed by atoms with Gasteiger partial charge < -0.3 is 14.8 Å². The highest BCUT2D eigenvalue weighted by molar-refractivity contribution is 6.33. The van der Waals surface area contributed by atoms with Crippen LogP contribution in [0.5, 0.6) is 5.75 Å². The molecule has 0 bridgehead atoms. The molecular formula is C19H15Cl2NO4. The lowest BCUT2D eigenvalue weighted by atomic mass is 9.76. The Balaban J connectivity index is 2.22. The summed E-state index contributed by atoms with van der Waals surface area (Å²) in [5.41, 5.74) is -0.600. The Kier molecular flexibility index (Phi) is 4.69. The average molecular weight is 392 g/mol. The number of rotatable bonds is 5.